The quantitative estimate of drug-likeness (QED) is 0.796. The van der Waals surface area contributed by atoms with E-state index in [1.807, 2.05) is 0 Å². The lowest BCUT2D eigenvalue weighted by atomic mass is 10.2. The Morgan fingerprint density at radius 1 is 1.33 bits per heavy atom. The number of hydrogen-bond acceptors (Lipinski definition) is 4. The molecule has 0 heterocycles. The highest BCUT2D eigenvalue weighted by Gasteiger charge is 2.32. The summed E-state index contributed by atoms with van der Waals surface area (Å²) in [4.78, 5) is 12.1. The van der Waals surface area contributed by atoms with Gasteiger partial charge in [-0.15, -0.1) is 0 Å². The highest BCUT2D eigenvalue weighted by molar-refractivity contribution is 7.93. The predicted octanol–water partition coefficient (Wildman–Crippen LogP) is 3.12. The number of nitrogen functional groups attached to an aromatic ring is 1. The summed E-state index contributed by atoms with van der Waals surface area (Å²) >= 11 is 11.7. The highest BCUT2D eigenvalue weighted by Crippen LogP contribution is 2.32. The second kappa shape index (κ2) is 6.85. The molecule has 0 bridgehead atoms. The van der Waals surface area contributed by atoms with Crippen LogP contribution in [0.1, 0.15) is 27.2 Å². The number of carbonyl (C=O) groups excluding carboxylic acids is 1. The molecule has 2 atom stereocenters. The Morgan fingerprint density at radius 2 is 1.90 bits per heavy atom. The number of rotatable bonds is 5. The van der Waals surface area contributed by atoms with Crippen LogP contribution in [-0.4, -0.2) is 24.8 Å². The number of amides is 1. The molecule has 0 fully saturated rings. The van der Waals surface area contributed by atoms with E-state index in [1.54, 1.807) is 13.8 Å². The van der Waals surface area contributed by atoms with Crippen LogP contribution in [0, 0.1) is 0 Å². The van der Waals surface area contributed by atoms with Gasteiger partial charge in [0.25, 0.3) is 0 Å². The van der Waals surface area contributed by atoms with Crippen LogP contribution in [0.4, 0.5) is 11.4 Å². The summed E-state index contributed by atoms with van der Waals surface area (Å²) in [5, 5.41) is 1.14. The van der Waals surface area contributed by atoms with Crippen molar-refractivity contribution in [3.8, 4) is 0 Å². The van der Waals surface area contributed by atoms with E-state index in [2.05, 4.69) is 5.32 Å². The van der Waals surface area contributed by atoms with Crippen molar-refractivity contribution in [2.75, 3.05) is 11.1 Å². The Balaban J connectivity index is 3.02. The van der Waals surface area contributed by atoms with Gasteiger partial charge < -0.3 is 11.1 Å². The third kappa shape index (κ3) is 4.02. The lowest BCUT2D eigenvalue weighted by Crippen LogP contribution is -2.37. The predicted molar refractivity (Wildman–Crippen MR) is 87.6 cm³/mol. The molecule has 8 heteroatoms. The van der Waals surface area contributed by atoms with Gasteiger partial charge in [-0.25, -0.2) is 8.42 Å². The van der Waals surface area contributed by atoms with Crippen molar-refractivity contribution in [1.82, 2.24) is 0 Å². The molecule has 118 valence electrons. The van der Waals surface area contributed by atoms with E-state index in [4.69, 9.17) is 28.9 Å². The van der Waals surface area contributed by atoms with Gasteiger partial charge in [-0.05, 0) is 32.4 Å². The number of sulfone groups is 1. The molecular formula is C13H18Cl2N2O3S. The summed E-state index contributed by atoms with van der Waals surface area (Å²) < 4.78 is 24.3. The molecule has 1 amide bonds. The number of carbonyl (C=O) groups is 1. The molecule has 1 rings (SSSR count). The van der Waals surface area contributed by atoms with Crippen LogP contribution in [0.15, 0.2) is 12.1 Å². The lowest BCUT2D eigenvalue weighted by molar-refractivity contribution is -0.115. The molecule has 0 aliphatic rings. The van der Waals surface area contributed by atoms with Gasteiger partial charge in [0, 0.05) is 5.02 Å². The van der Waals surface area contributed by atoms with E-state index in [0.29, 0.717) is 11.4 Å². The van der Waals surface area contributed by atoms with Crippen molar-refractivity contribution in [3.05, 3.63) is 22.2 Å². The zero-order chi connectivity index (χ0) is 16.4. The minimum atomic E-state index is -3.56. The Bertz CT molecular complexity index is 624. The molecule has 0 saturated carbocycles. The van der Waals surface area contributed by atoms with Crippen LogP contribution in [0.2, 0.25) is 10.0 Å². The van der Waals surface area contributed by atoms with Crippen LogP contribution in [0.5, 0.6) is 0 Å². The molecule has 5 nitrogen and oxygen atoms in total. The number of benzene rings is 1. The standard InChI is InChI=1S/C13H18Cl2N2O3S/c1-4-7(2)21(19,20)8(3)13(18)17-12-10(15)5-9(14)6-11(12)16/h5-8H,4,16H2,1-3H3,(H,17,18). The second-order valence-corrected chi connectivity index (χ2v) is 8.32. The fourth-order valence-electron chi connectivity index (χ4n) is 1.68. The molecular weight excluding hydrogens is 335 g/mol. The van der Waals surface area contributed by atoms with Gasteiger partial charge in [-0.2, -0.15) is 0 Å². The Hall–Kier alpha value is -0.980. The SMILES string of the molecule is CCC(C)S(=O)(=O)C(C)C(=O)Nc1c(N)cc(Cl)cc1Cl. The lowest BCUT2D eigenvalue weighted by Gasteiger charge is -2.18. The topological polar surface area (TPSA) is 89.3 Å². The van der Waals surface area contributed by atoms with Gasteiger partial charge in [-0.3, -0.25) is 4.79 Å². The van der Waals surface area contributed by atoms with Crippen LogP contribution in [-0.2, 0) is 14.6 Å². The fraction of sp³-hybridized carbons (Fsp3) is 0.462. The van der Waals surface area contributed by atoms with E-state index in [9.17, 15) is 13.2 Å². The summed E-state index contributed by atoms with van der Waals surface area (Å²) in [5.41, 5.74) is 6.07. The van der Waals surface area contributed by atoms with E-state index < -0.39 is 26.2 Å². The van der Waals surface area contributed by atoms with Crippen LogP contribution >= 0.6 is 23.2 Å². The average Bonchev–Trinajstić information content (AvgIpc) is 2.40. The minimum absolute atomic E-state index is 0.154. The van der Waals surface area contributed by atoms with E-state index >= 15 is 0 Å². The molecule has 21 heavy (non-hydrogen) atoms. The Kier molecular flexibility index (Phi) is 5.90. The second-order valence-electron chi connectivity index (χ2n) is 4.79. The summed E-state index contributed by atoms with van der Waals surface area (Å²) in [6.45, 7) is 4.67. The number of nitrogens with one attached hydrogen (secondary N) is 1. The first kappa shape index (κ1) is 18.1. The normalized spacial score (nSPS) is 14.5. The molecule has 2 unspecified atom stereocenters. The summed E-state index contributed by atoms with van der Waals surface area (Å²) in [5.74, 6) is -0.675. The fourth-order valence-corrected chi connectivity index (χ4v) is 3.76. The van der Waals surface area contributed by atoms with Crippen molar-refractivity contribution >= 4 is 50.3 Å². The van der Waals surface area contributed by atoms with Crippen LogP contribution < -0.4 is 11.1 Å². The number of hydrogen-bond donors (Lipinski definition) is 2. The zero-order valence-electron chi connectivity index (χ0n) is 12.0. The zero-order valence-corrected chi connectivity index (χ0v) is 14.3. The van der Waals surface area contributed by atoms with E-state index in [0.717, 1.165) is 0 Å². The third-order valence-electron chi connectivity index (χ3n) is 3.33. The first-order valence-electron chi connectivity index (χ1n) is 6.39. The first-order valence-corrected chi connectivity index (χ1v) is 8.75. The maximum Gasteiger partial charge on any atom is 0.242 e. The minimum Gasteiger partial charge on any atom is -0.397 e. The molecule has 1 aromatic carbocycles. The Labute approximate surface area is 134 Å². The van der Waals surface area contributed by atoms with Crippen LogP contribution in [0.25, 0.3) is 0 Å². The van der Waals surface area contributed by atoms with Crippen molar-refractivity contribution in [1.29, 1.82) is 0 Å². The van der Waals surface area contributed by atoms with Crippen molar-refractivity contribution in [2.45, 2.75) is 37.7 Å². The molecule has 0 aromatic heterocycles. The molecule has 0 radical (unpaired) electrons. The smallest absolute Gasteiger partial charge is 0.242 e. The van der Waals surface area contributed by atoms with Gasteiger partial charge in [0.15, 0.2) is 9.84 Å². The van der Waals surface area contributed by atoms with Crippen LogP contribution in [0.3, 0.4) is 0 Å². The summed E-state index contributed by atoms with van der Waals surface area (Å²) in [6.07, 6.45) is 0.434. The van der Waals surface area contributed by atoms with Gasteiger partial charge in [-0.1, -0.05) is 30.1 Å². The maximum absolute atomic E-state index is 12.2. The molecule has 1 aromatic rings. The van der Waals surface area contributed by atoms with E-state index in [-0.39, 0.29) is 16.4 Å². The highest BCUT2D eigenvalue weighted by atomic mass is 35.5. The van der Waals surface area contributed by atoms with Crippen molar-refractivity contribution < 1.29 is 13.2 Å². The molecule has 0 saturated heterocycles. The average molecular weight is 353 g/mol. The molecule has 0 aliphatic heterocycles. The van der Waals surface area contributed by atoms with E-state index in [1.165, 1.54) is 19.1 Å². The third-order valence-corrected chi connectivity index (χ3v) is 6.50. The number of halogens is 2. The van der Waals surface area contributed by atoms with Crippen molar-refractivity contribution in [3.63, 3.8) is 0 Å². The monoisotopic (exact) mass is 352 g/mol. The first-order chi connectivity index (χ1) is 9.61. The van der Waals surface area contributed by atoms with Gasteiger partial charge in [0.05, 0.1) is 21.6 Å². The van der Waals surface area contributed by atoms with Crippen molar-refractivity contribution in [2.24, 2.45) is 0 Å². The molecule has 0 spiro atoms. The van der Waals surface area contributed by atoms with Gasteiger partial charge in [0.2, 0.25) is 5.91 Å². The summed E-state index contributed by atoms with van der Waals surface area (Å²) in [6, 6.07) is 2.85. The maximum atomic E-state index is 12.2. The molecule has 3 N–H and O–H groups in total. The van der Waals surface area contributed by atoms with Gasteiger partial charge in [0.1, 0.15) is 5.25 Å². The summed E-state index contributed by atoms with van der Waals surface area (Å²) in [7, 11) is -3.56. The Morgan fingerprint density at radius 3 is 2.38 bits per heavy atom. The molecule has 0 aliphatic carbocycles. The largest absolute Gasteiger partial charge is 0.397 e. The number of nitrogens with two attached hydrogens (primary N) is 1. The van der Waals surface area contributed by atoms with Gasteiger partial charge >= 0.3 is 0 Å². The number of anilines is 2.